The minimum Gasteiger partial charge on any atom is -0.497 e. The molecule has 0 aliphatic rings. The van der Waals surface area contributed by atoms with Crippen molar-refractivity contribution in [3.05, 3.63) is 58.1 Å². The molecule has 4 heteroatoms. The lowest BCUT2D eigenvalue weighted by atomic mass is 10.0. The maximum atomic E-state index is 10.4. The molecule has 0 radical (unpaired) electrons. The number of hydrogen-bond acceptors (Lipinski definition) is 3. The SMILES string of the molecule is COc1ccc(C(O)c2ccc(Br)cc2OC)cc1. The van der Waals surface area contributed by atoms with Gasteiger partial charge in [0.1, 0.15) is 17.6 Å². The van der Waals surface area contributed by atoms with E-state index in [1.807, 2.05) is 42.5 Å². The number of halogens is 1. The molecule has 0 saturated carbocycles. The summed E-state index contributed by atoms with van der Waals surface area (Å²) < 4.78 is 11.3. The summed E-state index contributed by atoms with van der Waals surface area (Å²) in [5.41, 5.74) is 1.53. The van der Waals surface area contributed by atoms with E-state index in [9.17, 15) is 5.11 Å². The second kappa shape index (κ2) is 6.08. The number of aliphatic hydroxyl groups is 1. The van der Waals surface area contributed by atoms with Crippen molar-refractivity contribution < 1.29 is 14.6 Å². The Morgan fingerprint density at radius 1 is 1.00 bits per heavy atom. The van der Waals surface area contributed by atoms with Crippen molar-refractivity contribution in [2.45, 2.75) is 6.10 Å². The fourth-order valence-corrected chi connectivity index (χ4v) is 2.22. The van der Waals surface area contributed by atoms with Gasteiger partial charge in [-0.1, -0.05) is 34.1 Å². The second-order valence-electron chi connectivity index (χ2n) is 4.06. The van der Waals surface area contributed by atoms with E-state index < -0.39 is 6.10 Å². The van der Waals surface area contributed by atoms with Gasteiger partial charge in [-0.3, -0.25) is 0 Å². The van der Waals surface area contributed by atoms with Gasteiger partial charge in [-0.05, 0) is 29.8 Å². The topological polar surface area (TPSA) is 38.7 Å². The molecule has 0 spiro atoms. The largest absolute Gasteiger partial charge is 0.497 e. The van der Waals surface area contributed by atoms with Crippen LogP contribution in [0.5, 0.6) is 11.5 Å². The highest BCUT2D eigenvalue weighted by molar-refractivity contribution is 9.10. The number of aliphatic hydroxyl groups excluding tert-OH is 1. The molecule has 0 fully saturated rings. The van der Waals surface area contributed by atoms with Crippen molar-refractivity contribution in [3.8, 4) is 11.5 Å². The first-order valence-electron chi connectivity index (χ1n) is 5.81. The third-order valence-electron chi connectivity index (χ3n) is 2.92. The molecule has 0 bridgehead atoms. The van der Waals surface area contributed by atoms with Crippen LogP contribution in [-0.4, -0.2) is 19.3 Å². The van der Waals surface area contributed by atoms with Crippen LogP contribution in [0.25, 0.3) is 0 Å². The molecule has 0 aliphatic carbocycles. The number of rotatable bonds is 4. The average Bonchev–Trinajstić information content (AvgIpc) is 2.46. The van der Waals surface area contributed by atoms with Crippen LogP contribution in [0, 0.1) is 0 Å². The van der Waals surface area contributed by atoms with Crippen molar-refractivity contribution in [2.24, 2.45) is 0 Å². The number of benzene rings is 2. The van der Waals surface area contributed by atoms with Crippen molar-refractivity contribution in [2.75, 3.05) is 14.2 Å². The van der Waals surface area contributed by atoms with Gasteiger partial charge in [0.2, 0.25) is 0 Å². The first kappa shape index (κ1) is 13.9. The zero-order valence-electron chi connectivity index (χ0n) is 10.8. The molecule has 1 unspecified atom stereocenters. The Bertz CT molecular complexity index is 552. The molecule has 0 amide bonds. The van der Waals surface area contributed by atoms with Crippen LogP contribution in [0.1, 0.15) is 17.2 Å². The highest BCUT2D eigenvalue weighted by Crippen LogP contribution is 2.32. The molecular formula is C15H15BrO3. The van der Waals surface area contributed by atoms with Crippen LogP contribution in [0.4, 0.5) is 0 Å². The maximum Gasteiger partial charge on any atom is 0.126 e. The predicted octanol–water partition coefficient (Wildman–Crippen LogP) is 3.55. The van der Waals surface area contributed by atoms with Crippen molar-refractivity contribution in [1.29, 1.82) is 0 Å². The Balaban J connectivity index is 2.34. The molecule has 3 nitrogen and oxygen atoms in total. The van der Waals surface area contributed by atoms with E-state index in [0.717, 1.165) is 21.3 Å². The standard InChI is InChI=1S/C15H15BrO3/c1-18-12-6-3-10(4-7-12)15(17)13-8-5-11(16)9-14(13)19-2/h3-9,15,17H,1-2H3. The van der Waals surface area contributed by atoms with E-state index in [4.69, 9.17) is 9.47 Å². The van der Waals surface area contributed by atoms with Gasteiger partial charge in [-0.15, -0.1) is 0 Å². The Morgan fingerprint density at radius 3 is 2.26 bits per heavy atom. The minimum absolute atomic E-state index is 0.651. The minimum atomic E-state index is -0.728. The van der Waals surface area contributed by atoms with E-state index in [0.29, 0.717) is 5.75 Å². The van der Waals surface area contributed by atoms with Gasteiger partial charge in [0, 0.05) is 10.0 Å². The molecule has 0 aliphatic heterocycles. The van der Waals surface area contributed by atoms with Crippen LogP contribution in [-0.2, 0) is 0 Å². The van der Waals surface area contributed by atoms with E-state index in [1.165, 1.54) is 0 Å². The zero-order valence-corrected chi connectivity index (χ0v) is 12.3. The molecule has 0 aromatic heterocycles. The Labute approximate surface area is 120 Å². The lowest BCUT2D eigenvalue weighted by Gasteiger charge is -2.15. The summed E-state index contributed by atoms with van der Waals surface area (Å²) in [7, 11) is 3.20. The summed E-state index contributed by atoms with van der Waals surface area (Å²) in [6, 6.07) is 12.9. The fourth-order valence-electron chi connectivity index (χ4n) is 1.88. The van der Waals surface area contributed by atoms with Gasteiger partial charge >= 0.3 is 0 Å². The van der Waals surface area contributed by atoms with E-state index in [1.54, 1.807) is 14.2 Å². The summed E-state index contributed by atoms with van der Waals surface area (Å²) in [6.07, 6.45) is -0.728. The first-order chi connectivity index (χ1) is 9.15. The van der Waals surface area contributed by atoms with Crippen LogP contribution in [0.2, 0.25) is 0 Å². The monoisotopic (exact) mass is 322 g/mol. The smallest absolute Gasteiger partial charge is 0.126 e. The molecular weight excluding hydrogens is 308 g/mol. The van der Waals surface area contributed by atoms with Gasteiger partial charge < -0.3 is 14.6 Å². The van der Waals surface area contributed by atoms with Crippen LogP contribution < -0.4 is 9.47 Å². The Kier molecular flexibility index (Phi) is 4.45. The van der Waals surface area contributed by atoms with Crippen LogP contribution >= 0.6 is 15.9 Å². The lowest BCUT2D eigenvalue weighted by Crippen LogP contribution is -2.02. The zero-order chi connectivity index (χ0) is 13.8. The summed E-state index contributed by atoms with van der Waals surface area (Å²) in [5.74, 6) is 1.41. The third kappa shape index (κ3) is 3.08. The fraction of sp³-hybridized carbons (Fsp3) is 0.200. The van der Waals surface area contributed by atoms with E-state index >= 15 is 0 Å². The Morgan fingerprint density at radius 2 is 1.68 bits per heavy atom. The van der Waals surface area contributed by atoms with E-state index in [-0.39, 0.29) is 0 Å². The number of ether oxygens (including phenoxy) is 2. The summed E-state index contributed by atoms with van der Waals surface area (Å²) >= 11 is 3.38. The van der Waals surface area contributed by atoms with Crippen molar-refractivity contribution >= 4 is 15.9 Å². The molecule has 1 atom stereocenters. The van der Waals surface area contributed by atoms with E-state index in [2.05, 4.69) is 15.9 Å². The highest BCUT2D eigenvalue weighted by Gasteiger charge is 2.15. The predicted molar refractivity (Wildman–Crippen MR) is 77.7 cm³/mol. The van der Waals surface area contributed by atoms with Crippen LogP contribution in [0.3, 0.4) is 0 Å². The highest BCUT2D eigenvalue weighted by atomic mass is 79.9. The molecule has 19 heavy (non-hydrogen) atoms. The molecule has 0 saturated heterocycles. The summed E-state index contributed by atoms with van der Waals surface area (Å²) in [4.78, 5) is 0. The first-order valence-corrected chi connectivity index (χ1v) is 6.60. The van der Waals surface area contributed by atoms with Crippen molar-refractivity contribution in [3.63, 3.8) is 0 Å². The second-order valence-corrected chi connectivity index (χ2v) is 4.98. The van der Waals surface area contributed by atoms with Crippen molar-refractivity contribution in [1.82, 2.24) is 0 Å². The molecule has 2 aromatic carbocycles. The molecule has 100 valence electrons. The quantitative estimate of drug-likeness (QED) is 0.935. The van der Waals surface area contributed by atoms with Crippen LogP contribution in [0.15, 0.2) is 46.9 Å². The number of hydrogen-bond donors (Lipinski definition) is 1. The third-order valence-corrected chi connectivity index (χ3v) is 3.41. The number of methoxy groups -OCH3 is 2. The maximum absolute atomic E-state index is 10.4. The summed E-state index contributed by atoms with van der Waals surface area (Å²) in [5, 5.41) is 10.4. The summed E-state index contributed by atoms with van der Waals surface area (Å²) in [6.45, 7) is 0. The Hall–Kier alpha value is -1.52. The average molecular weight is 323 g/mol. The molecule has 0 heterocycles. The normalized spacial score (nSPS) is 12.0. The molecule has 1 N–H and O–H groups in total. The van der Waals surface area contributed by atoms with Gasteiger partial charge in [0.05, 0.1) is 14.2 Å². The molecule has 2 aromatic rings. The van der Waals surface area contributed by atoms with Gasteiger partial charge in [-0.25, -0.2) is 0 Å². The lowest BCUT2D eigenvalue weighted by molar-refractivity contribution is 0.214. The van der Waals surface area contributed by atoms with Gasteiger partial charge in [-0.2, -0.15) is 0 Å². The molecule has 2 rings (SSSR count). The van der Waals surface area contributed by atoms with Gasteiger partial charge in [0.15, 0.2) is 0 Å². The van der Waals surface area contributed by atoms with Gasteiger partial charge in [0.25, 0.3) is 0 Å².